The van der Waals surface area contributed by atoms with Crippen molar-refractivity contribution in [1.82, 2.24) is 4.90 Å². The second kappa shape index (κ2) is 8.49. The summed E-state index contributed by atoms with van der Waals surface area (Å²) in [6.45, 7) is 2.29. The minimum Gasteiger partial charge on any atom is -0.396 e. The number of aliphatic hydroxyl groups is 2. The second-order valence-corrected chi connectivity index (χ2v) is 8.68. The molecular weight excluding hydrogens is 356 g/mol. The fourth-order valence-corrected chi connectivity index (χ4v) is 5.23. The lowest BCUT2D eigenvalue weighted by molar-refractivity contribution is -0.226. The molecule has 2 fully saturated rings. The zero-order valence-electron chi connectivity index (χ0n) is 17.0. The minimum atomic E-state index is -0.800. The van der Waals surface area contributed by atoms with Crippen molar-refractivity contribution < 1.29 is 19.7 Å². The summed E-state index contributed by atoms with van der Waals surface area (Å²) in [6.07, 6.45) is 2.84. The van der Waals surface area contributed by atoms with E-state index in [0.29, 0.717) is 32.2 Å². The molecule has 1 aromatic carbocycles. The van der Waals surface area contributed by atoms with Crippen molar-refractivity contribution in [2.24, 2.45) is 5.73 Å². The number of ether oxygens (including phenoxy) is 1. The van der Waals surface area contributed by atoms with Gasteiger partial charge in [-0.3, -0.25) is 4.79 Å². The molecule has 1 aromatic rings. The van der Waals surface area contributed by atoms with E-state index in [1.807, 2.05) is 25.1 Å². The van der Waals surface area contributed by atoms with Gasteiger partial charge in [-0.1, -0.05) is 30.3 Å². The molecule has 2 aliphatic heterocycles. The van der Waals surface area contributed by atoms with Crippen molar-refractivity contribution in [3.8, 4) is 0 Å². The molecule has 0 aliphatic carbocycles. The van der Waals surface area contributed by atoms with E-state index in [2.05, 4.69) is 12.1 Å². The maximum atomic E-state index is 12.4. The van der Waals surface area contributed by atoms with Crippen LogP contribution >= 0.6 is 0 Å². The molecule has 2 aliphatic rings. The molecule has 6 nitrogen and oxygen atoms in total. The first-order valence-corrected chi connectivity index (χ1v) is 10.3. The lowest BCUT2D eigenvalue weighted by atomic mass is 9.73. The molecule has 2 saturated heterocycles. The number of fused-ring (bicyclic) bond motifs is 2. The third-order valence-corrected chi connectivity index (χ3v) is 6.69. The van der Waals surface area contributed by atoms with Crippen LogP contribution in [0.25, 0.3) is 0 Å². The molecule has 0 radical (unpaired) electrons. The molecular formula is C22H34N2O4. The maximum absolute atomic E-state index is 12.4. The van der Waals surface area contributed by atoms with Gasteiger partial charge in [0.1, 0.15) is 6.10 Å². The normalized spacial score (nSPS) is 35.2. The minimum absolute atomic E-state index is 0.0420. The number of rotatable bonds is 6. The van der Waals surface area contributed by atoms with Gasteiger partial charge in [0, 0.05) is 26.6 Å². The van der Waals surface area contributed by atoms with Gasteiger partial charge < -0.3 is 25.6 Å². The number of aliphatic hydroxyl groups excluding tert-OH is 2. The zero-order valence-corrected chi connectivity index (χ0v) is 17.0. The lowest BCUT2D eigenvalue weighted by Gasteiger charge is -2.50. The topological polar surface area (TPSA) is 96.0 Å². The molecule has 0 saturated carbocycles. The van der Waals surface area contributed by atoms with Crippen LogP contribution in [0.4, 0.5) is 0 Å². The molecule has 6 heteroatoms. The second-order valence-electron chi connectivity index (χ2n) is 8.68. The lowest BCUT2D eigenvalue weighted by Crippen LogP contribution is -2.58. The van der Waals surface area contributed by atoms with E-state index in [1.165, 1.54) is 5.56 Å². The Kier molecular flexibility index (Phi) is 6.44. The number of carbonyl (C=O) groups is 1. The van der Waals surface area contributed by atoms with Crippen molar-refractivity contribution in [3.05, 3.63) is 35.9 Å². The van der Waals surface area contributed by atoms with E-state index in [1.54, 1.807) is 11.9 Å². The molecule has 28 heavy (non-hydrogen) atoms. The summed E-state index contributed by atoms with van der Waals surface area (Å²) in [7, 11) is 1.75. The van der Waals surface area contributed by atoms with Gasteiger partial charge >= 0.3 is 0 Å². The van der Waals surface area contributed by atoms with Gasteiger partial charge in [-0.15, -0.1) is 0 Å². The molecule has 3 rings (SSSR count). The molecule has 4 N–H and O–H groups in total. The first kappa shape index (κ1) is 21.2. The van der Waals surface area contributed by atoms with E-state index < -0.39 is 17.3 Å². The smallest absolute Gasteiger partial charge is 0.223 e. The summed E-state index contributed by atoms with van der Waals surface area (Å²) in [6, 6.07) is 10.0. The summed E-state index contributed by atoms with van der Waals surface area (Å²) in [5.74, 6) is 0.187. The molecule has 156 valence electrons. The van der Waals surface area contributed by atoms with Crippen molar-refractivity contribution in [1.29, 1.82) is 0 Å². The quantitative estimate of drug-likeness (QED) is 0.688. The Morgan fingerprint density at radius 3 is 2.68 bits per heavy atom. The molecule has 1 amide bonds. The van der Waals surface area contributed by atoms with Crippen molar-refractivity contribution >= 4 is 5.91 Å². The first-order chi connectivity index (χ1) is 13.3. The number of hydrogen-bond donors (Lipinski definition) is 3. The standard InChI is InChI=1S/C22H34N2O4/c1-21-14-17(16-6-4-3-5-7-16)15-22(28-21,11-13-25)10-8-18(20(21)27)24(2)19(26)9-12-23/h3-7,17-18,20,25,27H,8-15,23H2,1-2H3/t17-,18+,20-,21+,22-/m1/s1. The van der Waals surface area contributed by atoms with Gasteiger partial charge in [0.15, 0.2) is 0 Å². The summed E-state index contributed by atoms with van der Waals surface area (Å²) in [4.78, 5) is 14.1. The average Bonchev–Trinajstić information content (AvgIpc) is 2.75. The highest BCUT2D eigenvalue weighted by molar-refractivity contribution is 5.76. The largest absolute Gasteiger partial charge is 0.396 e. The highest BCUT2D eigenvalue weighted by Crippen LogP contribution is 2.51. The fourth-order valence-electron chi connectivity index (χ4n) is 5.23. The number of nitrogens with zero attached hydrogens (tertiary/aromatic N) is 1. The molecule has 0 spiro atoms. The highest BCUT2D eigenvalue weighted by Gasteiger charge is 2.55. The average molecular weight is 391 g/mol. The Hall–Kier alpha value is -1.47. The third-order valence-electron chi connectivity index (χ3n) is 6.69. The molecule has 0 aromatic heterocycles. The van der Waals surface area contributed by atoms with Gasteiger partial charge in [-0.05, 0) is 50.5 Å². The SMILES string of the molecule is CN(C(=O)CCN)[C@H]1CC[C@@]2(CCO)C[C@H](c3ccccc3)C[C@](C)(O2)[C@@H]1O. The van der Waals surface area contributed by atoms with Crippen molar-refractivity contribution in [2.75, 3.05) is 20.2 Å². The van der Waals surface area contributed by atoms with E-state index in [-0.39, 0.29) is 30.9 Å². The molecule has 2 bridgehead atoms. The Morgan fingerprint density at radius 2 is 2.04 bits per heavy atom. The van der Waals surface area contributed by atoms with E-state index in [9.17, 15) is 15.0 Å². The van der Waals surface area contributed by atoms with Crippen LogP contribution in [0.15, 0.2) is 30.3 Å². The zero-order chi connectivity index (χ0) is 20.4. The van der Waals surface area contributed by atoms with Gasteiger partial charge in [0.05, 0.1) is 17.2 Å². The van der Waals surface area contributed by atoms with Crippen LogP contribution in [0.1, 0.15) is 56.9 Å². The van der Waals surface area contributed by atoms with Gasteiger partial charge in [-0.25, -0.2) is 0 Å². The van der Waals surface area contributed by atoms with E-state index in [0.717, 1.165) is 6.42 Å². The van der Waals surface area contributed by atoms with Crippen LogP contribution in [0, 0.1) is 0 Å². The number of nitrogens with two attached hydrogens (primary N) is 1. The number of carbonyl (C=O) groups excluding carboxylic acids is 1. The maximum Gasteiger partial charge on any atom is 0.223 e. The third kappa shape index (κ3) is 4.10. The van der Waals surface area contributed by atoms with Gasteiger partial charge in [0.25, 0.3) is 0 Å². The van der Waals surface area contributed by atoms with Gasteiger partial charge in [-0.2, -0.15) is 0 Å². The van der Waals surface area contributed by atoms with Crippen molar-refractivity contribution in [2.45, 2.75) is 74.7 Å². The molecule has 5 atom stereocenters. The first-order valence-electron chi connectivity index (χ1n) is 10.3. The van der Waals surface area contributed by atoms with Crippen LogP contribution in [0.5, 0.6) is 0 Å². The van der Waals surface area contributed by atoms with E-state index in [4.69, 9.17) is 10.5 Å². The predicted molar refractivity (Wildman–Crippen MR) is 108 cm³/mol. The van der Waals surface area contributed by atoms with Crippen LogP contribution in [-0.4, -0.2) is 64.6 Å². The van der Waals surface area contributed by atoms with Crippen LogP contribution in [0.2, 0.25) is 0 Å². The summed E-state index contributed by atoms with van der Waals surface area (Å²) < 4.78 is 6.57. The van der Waals surface area contributed by atoms with Crippen LogP contribution < -0.4 is 5.73 Å². The molecule has 0 unspecified atom stereocenters. The summed E-state index contributed by atoms with van der Waals surface area (Å²) >= 11 is 0. The number of likely N-dealkylation sites (N-methyl/N-ethyl adjacent to an activating group) is 1. The predicted octanol–water partition coefficient (Wildman–Crippen LogP) is 1.79. The Balaban J connectivity index is 1.94. The fraction of sp³-hybridized carbons (Fsp3) is 0.682. The monoisotopic (exact) mass is 390 g/mol. The highest BCUT2D eigenvalue weighted by atomic mass is 16.5. The van der Waals surface area contributed by atoms with Crippen LogP contribution in [-0.2, 0) is 9.53 Å². The molecule has 2 heterocycles. The van der Waals surface area contributed by atoms with E-state index >= 15 is 0 Å². The van der Waals surface area contributed by atoms with Crippen LogP contribution in [0.3, 0.4) is 0 Å². The number of benzene rings is 1. The Bertz CT molecular complexity index is 670. The Labute approximate surface area is 167 Å². The summed E-state index contributed by atoms with van der Waals surface area (Å²) in [5, 5.41) is 21.1. The van der Waals surface area contributed by atoms with Gasteiger partial charge in [0.2, 0.25) is 5.91 Å². The Morgan fingerprint density at radius 1 is 1.32 bits per heavy atom. The summed E-state index contributed by atoms with van der Waals surface area (Å²) in [5.41, 5.74) is 5.51. The van der Waals surface area contributed by atoms with Crippen molar-refractivity contribution in [3.63, 3.8) is 0 Å². The number of hydrogen-bond acceptors (Lipinski definition) is 5. The number of amides is 1.